The summed E-state index contributed by atoms with van der Waals surface area (Å²) in [5.41, 5.74) is 3.48. The molecule has 0 spiro atoms. The van der Waals surface area contributed by atoms with Crippen molar-refractivity contribution in [2.45, 2.75) is 0 Å². The van der Waals surface area contributed by atoms with E-state index in [0.29, 0.717) is 22.6 Å². The van der Waals surface area contributed by atoms with Gasteiger partial charge < -0.3 is 9.52 Å². The number of carboxylic acid groups (broad SMARTS) is 1. The first-order valence-corrected chi connectivity index (χ1v) is 10.7. The average Bonchev–Trinajstić information content (AvgIpc) is 3.34. The number of furan rings is 1. The van der Waals surface area contributed by atoms with Gasteiger partial charge in [0, 0.05) is 17.2 Å². The quantitative estimate of drug-likeness (QED) is 0.394. The Morgan fingerprint density at radius 1 is 1.12 bits per heavy atom. The summed E-state index contributed by atoms with van der Waals surface area (Å²) in [6.45, 7) is 0. The number of hydrogen-bond donors (Lipinski definition) is 2. The molecule has 0 bridgehead atoms. The second kappa shape index (κ2) is 8.99. The third-order valence-electron chi connectivity index (χ3n) is 4.43. The number of thiocarbonyl (C=S) groups is 1. The Hall–Kier alpha value is -3.40. The van der Waals surface area contributed by atoms with E-state index in [4.69, 9.17) is 33.3 Å². The summed E-state index contributed by atoms with van der Waals surface area (Å²) in [5.74, 6) is -1.22. The van der Waals surface area contributed by atoms with E-state index >= 15 is 0 Å². The molecule has 2 aromatic carbocycles. The Morgan fingerprint density at radius 2 is 1.88 bits per heavy atom. The van der Waals surface area contributed by atoms with Gasteiger partial charge in [0.2, 0.25) is 0 Å². The number of carbonyl (C=O) groups is 3. The molecule has 0 radical (unpaired) electrons. The Labute approximate surface area is 196 Å². The molecular weight excluding hydrogens is 472 g/mol. The molecule has 4 rings (SSSR count). The monoisotopic (exact) mass is 484 g/mol. The van der Waals surface area contributed by atoms with E-state index in [2.05, 4.69) is 5.43 Å². The van der Waals surface area contributed by atoms with Gasteiger partial charge in [-0.1, -0.05) is 47.6 Å². The van der Waals surface area contributed by atoms with E-state index in [1.165, 1.54) is 18.2 Å². The number of hydrazine groups is 1. The lowest BCUT2D eigenvalue weighted by atomic mass is 10.1. The number of thioether (sulfide) groups is 1. The predicted octanol–water partition coefficient (Wildman–Crippen LogP) is 4.84. The third kappa shape index (κ3) is 4.45. The van der Waals surface area contributed by atoms with Crippen LogP contribution >= 0.6 is 35.6 Å². The van der Waals surface area contributed by atoms with Crippen LogP contribution in [-0.2, 0) is 4.79 Å². The first-order chi connectivity index (χ1) is 15.3. The summed E-state index contributed by atoms with van der Waals surface area (Å²) >= 11 is 12.3. The van der Waals surface area contributed by atoms with E-state index in [9.17, 15) is 14.4 Å². The first kappa shape index (κ1) is 21.8. The molecule has 32 heavy (non-hydrogen) atoms. The highest BCUT2D eigenvalue weighted by Crippen LogP contribution is 2.33. The van der Waals surface area contributed by atoms with Crippen LogP contribution in [0.5, 0.6) is 0 Å². The molecule has 1 aliphatic rings. The van der Waals surface area contributed by atoms with Crippen molar-refractivity contribution in [2.24, 2.45) is 0 Å². The normalized spacial score (nSPS) is 14.8. The maximum Gasteiger partial charge on any atom is 0.337 e. The number of nitrogens with zero attached hydrogens (tertiary/aromatic N) is 1. The van der Waals surface area contributed by atoms with Crippen molar-refractivity contribution in [1.82, 2.24) is 10.4 Å². The Bertz CT molecular complexity index is 1290. The molecule has 1 aromatic heterocycles. The smallest absolute Gasteiger partial charge is 0.337 e. The standard InChI is InChI=1S/C22H13ClN2O5S2/c23-16-10-13(6-8-15(16)21(28)29)17-9-7-14(30-17)11-18-20(27)25(22(31)32-18)24-19(26)12-4-2-1-3-5-12/h1-11H,(H,24,26)(H,28,29)/b18-11-. The van der Waals surface area contributed by atoms with Crippen LogP contribution in [0.25, 0.3) is 17.4 Å². The van der Waals surface area contributed by atoms with Crippen molar-refractivity contribution < 1.29 is 23.9 Å². The fourth-order valence-corrected chi connectivity index (χ4v) is 4.30. The highest BCUT2D eigenvalue weighted by molar-refractivity contribution is 8.26. The van der Waals surface area contributed by atoms with Gasteiger partial charge in [0.15, 0.2) is 4.32 Å². The zero-order chi connectivity index (χ0) is 22.8. The van der Waals surface area contributed by atoms with Crippen molar-refractivity contribution in [1.29, 1.82) is 0 Å². The van der Waals surface area contributed by atoms with Gasteiger partial charge >= 0.3 is 5.97 Å². The van der Waals surface area contributed by atoms with Crippen LogP contribution < -0.4 is 5.43 Å². The van der Waals surface area contributed by atoms with Crippen molar-refractivity contribution in [3.05, 3.63) is 87.5 Å². The summed E-state index contributed by atoms with van der Waals surface area (Å²) in [7, 11) is 0. The summed E-state index contributed by atoms with van der Waals surface area (Å²) in [6, 6.07) is 16.3. The van der Waals surface area contributed by atoms with Crippen molar-refractivity contribution >= 4 is 63.8 Å². The fraction of sp³-hybridized carbons (Fsp3) is 0. The van der Waals surface area contributed by atoms with Crippen LogP contribution in [-0.4, -0.2) is 32.2 Å². The molecule has 2 amide bonds. The number of amides is 2. The minimum absolute atomic E-state index is 0.0107. The van der Waals surface area contributed by atoms with Crippen molar-refractivity contribution in [3.63, 3.8) is 0 Å². The van der Waals surface area contributed by atoms with Gasteiger partial charge in [0.1, 0.15) is 11.5 Å². The van der Waals surface area contributed by atoms with Gasteiger partial charge in [0.05, 0.1) is 15.5 Å². The number of carboxylic acids is 1. The first-order valence-electron chi connectivity index (χ1n) is 9.10. The molecule has 1 aliphatic heterocycles. The largest absolute Gasteiger partial charge is 0.478 e. The Balaban J connectivity index is 1.51. The number of aromatic carboxylic acids is 1. The molecule has 3 aromatic rings. The summed E-state index contributed by atoms with van der Waals surface area (Å²) < 4.78 is 5.95. The van der Waals surface area contributed by atoms with E-state index < -0.39 is 17.8 Å². The van der Waals surface area contributed by atoms with Gasteiger partial charge in [-0.25, -0.2) is 4.79 Å². The number of rotatable bonds is 5. The van der Waals surface area contributed by atoms with Crippen LogP contribution in [0.1, 0.15) is 26.5 Å². The molecule has 2 heterocycles. The summed E-state index contributed by atoms with van der Waals surface area (Å²) in [4.78, 5) is 36.5. The van der Waals surface area contributed by atoms with Gasteiger partial charge in [-0.2, -0.15) is 5.01 Å². The zero-order valence-electron chi connectivity index (χ0n) is 16.1. The Kier molecular flexibility index (Phi) is 6.13. The lowest BCUT2D eigenvalue weighted by molar-refractivity contribution is -0.123. The lowest BCUT2D eigenvalue weighted by Gasteiger charge is -2.15. The predicted molar refractivity (Wildman–Crippen MR) is 125 cm³/mol. The van der Waals surface area contributed by atoms with Crippen molar-refractivity contribution in [3.8, 4) is 11.3 Å². The number of nitrogens with one attached hydrogen (secondary N) is 1. The Morgan fingerprint density at radius 3 is 2.56 bits per heavy atom. The molecular formula is C22H13ClN2O5S2. The van der Waals surface area contributed by atoms with E-state index in [-0.39, 0.29) is 19.8 Å². The average molecular weight is 485 g/mol. The summed E-state index contributed by atoms with van der Waals surface area (Å²) in [6.07, 6.45) is 1.52. The molecule has 7 nitrogen and oxygen atoms in total. The molecule has 160 valence electrons. The second-order valence-electron chi connectivity index (χ2n) is 6.53. The SMILES string of the molecule is O=C(NN1C(=O)/C(=C/c2ccc(-c3ccc(C(=O)O)c(Cl)c3)o2)SC1=S)c1ccccc1. The van der Waals surface area contributed by atoms with E-state index in [0.717, 1.165) is 16.8 Å². The van der Waals surface area contributed by atoms with E-state index in [1.807, 2.05) is 0 Å². The minimum Gasteiger partial charge on any atom is -0.478 e. The van der Waals surface area contributed by atoms with Crippen LogP contribution in [0.2, 0.25) is 5.02 Å². The number of carbonyl (C=O) groups excluding carboxylic acids is 2. The lowest BCUT2D eigenvalue weighted by Crippen LogP contribution is -2.44. The van der Waals surface area contributed by atoms with Crippen molar-refractivity contribution in [2.75, 3.05) is 0 Å². The van der Waals surface area contributed by atoms with Crippen LogP contribution in [0.15, 0.2) is 70.0 Å². The highest BCUT2D eigenvalue weighted by Gasteiger charge is 2.34. The molecule has 2 N–H and O–H groups in total. The number of benzene rings is 2. The summed E-state index contributed by atoms with van der Waals surface area (Å²) in [5, 5.41) is 10.2. The molecule has 0 unspecified atom stereocenters. The maximum absolute atomic E-state index is 12.7. The van der Waals surface area contributed by atoms with Gasteiger partial charge in [0.25, 0.3) is 11.8 Å². The maximum atomic E-state index is 12.7. The molecule has 1 saturated heterocycles. The number of halogens is 1. The van der Waals surface area contributed by atoms with E-state index in [1.54, 1.807) is 48.5 Å². The topological polar surface area (TPSA) is 99.9 Å². The number of hydrogen-bond acceptors (Lipinski definition) is 6. The molecule has 0 saturated carbocycles. The second-order valence-corrected chi connectivity index (χ2v) is 8.61. The fourth-order valence-electron chi connectivity index (χ4n) is 2.88. The zero-order valence-corrected chi connectivity index (χ0v) is 18.5. The van der Waals surface area contributed by atoms with Gasteiger partial charge in [-0.05, 0) is 48.6 Å². The van der Waals surface area contributed by atoms with Crippen LogP contribution in [0, 0.1) is 0 Å². The third-order valence-corrected chi connectivity index (χ3v) is 6.04. The highest BCUT2D eigenvalue weighted by atomic mass is 35.5. The molecule has 10 heteroatoms. The van der Waals surface area contributed by atoms with Gasteiger partial charge in [-0.3, -0.25) is 15.0 Å². The minimum atomic E-state index is -1.12. The van der Waals surface area contributed by atoms with Crippen LogP contribution in [0.4, 0.5) is 0 Å². The van der Waals surface area contributed by atoms with Crippen LogP contribution in [0.3, 0.4) is 0 Å². The molecule has 0 atom stereocenters. The van der Waals surface area contributed by atoms with Gasteiger partial charge in [-0.15, -0.1) is 0 Å². The molecule has 0 aliphatic carbocycles. The molecule has 1 fully saturated rings.